The normalized spacial score (nSPS) is 11.7. The van der Waals surface area contributed by atoms with E-state index < -0.39 is 8.56 Å². The van der Waals surface area contributed by atoms with E-state index in [1.807, 2.05) is 13.1 Å². The van der Waals surface area contributed by atoms with Crippen LogP contribution in [0.15, 0.2) is 0 Å². The van der Waals surface area contributed by atoms with Crippen molar-refractivity contribution < 1.29 is 18.4 Å². The van der Waals surface area contributed by atoms with Crippen LogP contribution >= 0.6 is 0 Å². The predicted molar refractivity (Wildman–Crippen MR) is 216 cm³/mol. The number of carbonyl (C=O) groups is 2. The zero-order chi connectivity index (χ0) is 35.9. The fourth-order valence-corrected chi connectivity index (χ4v) is 8.36. The molecule has 0 atom stereocenters. The summed E-state index contributed by atoms with van der Waals surface area (Å²) < 4.78 is 11.3. The minimum absolute atomic E-state index is 0.200. The van der Waals surface area contributed by atoms with Crippen molar-refractivity contribution in [1.82, 2.24) is 0 Å². The molecule has 0 fully saturated rings. The molecule has 0 aromatic carbocycles. The summed E-state index contributed by atoms with van der Waals surface area (Å²) in [5.74, 6) is -0.400. The van der Waals surface area contributed by atoms with Gasteiger partial charge in [0, 0.05) is 25.9 Å². The summed E-state index contributed by atoms with van der Waals surface area (Å²) >= 11 is 0. The van der Waals surface area contributed by atoms with E-state index in [1.165, 1.54) is 205 Å². The first-order chi connectivity index (χ1) is 23.9. The van der Waals surface area contributed by atoms with Crippen molar-refractivity contribution in [2.75, 3.05) is 0 Å². The lowest BCUT2D eigenvalue weighted by Crippen LogP contribution is -2.39. The monoisotopic (exact) mass is 709 g/mol. The molecule has 0 rings (SSSR count). The molecule has 0 bridgehead atoms. The molecule has 0 aromatic rings. The maximum absolute atomic E-state index is 12.4. The van der Waals surface area contributed by atoms with Crippen LogP contribution < -0.4 is 0 Å². The number of rotatable bonds is 40. The highest BCUT2D eigenvalue weighted by Crippen LogP contribution is 2.18. The quantitative estimate of drug-likeness (QED) is 0.0470. The van der Waals surface area contributed by atoms with Crippen molar-refractivity contribution in [3.63, 3.8) is 0 Å². The first-order valence-electron chi connectivity index (χ1n) is 22.3. The Morgan fingerprint density at radius 2 is 0.469 bits per heavy atom. The van der Waals surface area contributed by atoms with Gasteiger partial charge in [-0.2, -0.15) is 0 Å². The highest BCUT2D eigenvalue weighted by molar-refractivity contribution is 6.67. The SMILES string of the molecule is CCCCCCCCCCCCCCCCCCCCCCCC(=O)O[Si](C)(C)OC(=O)CCCCCCCCCCCCCCCCC. The Bertz CT molecular complexity index is 694. The van der Waals surface area contributed by atoms with Gasteiger partial charge in [0.1, 0.15) is 0 Å². The van der Waals surface area contributed by atoms with E-state index in [0.717, 1.165) is 25.7 Å². The van der Waals surface area contributed by atoms with Crippen molar-refractivity contribution in [2.45, 2.75) is 271 Å². The molecule has 0 aliphatic rings. The Kier molecular flexibility index (Phi) is 37.7. The van der Waals surface area contributed by atoms with Gasteiger partial charge < -0.3 is 8.85 Å². The topological polar surface area (TPSA) is 52.6 Å². The molecule has 0 aliphatic carbocycles. The summed E-state index contributed by atoms with van der Waals surface area (Å²) in [5.41, 5.74) is 0. The summed E-state index contributed by atoms with van der Waals surface area (Å²) in [4.78, 5) is 24.7. The van der Waals surface area contributed by atoms with Crippen LogP contribution in [0.1, 0.15) is 258 Å². The molecule has 0 aromatic heterocycles. The van der Waals surface area contributed by atoms with Gasteiger partial charge in [0.15, 0.2) is 0 Å². The molecule has 0 heterocycles. The number of carbonyl (C=O) groups excluding carboxylic acids is 2. The van der Waals surface area contributed by atoms with Gasteiger partial charge in [0.25, 0.3) is 11.9 Å². The van der Waals surface area contributed by atoms with Crippen LogP contribution in [0.2, 0.25) is 13.1 Å². The number of hydrogen-bond donors (Lipinski definition) is 0. The Morgan fingerprint density at radius 1 is 0.306 bits per heavy atom. The zero-order valence-electron chi connectivity index (χ0n) is 34.0. The van der Waals surface area contributed by atoms with E-state index in [9.17, 15) is 9.59 Å². The van der Waals surface area contributed by atoms with Crippen LogP contribution in [-0.4, -0.2) is 20.5 Å². The highest BCUT2D eigenvalue weighted by atomic mass is 28.4. The average molecular weight is 709 g/mol. The van der Waals surface area contributed by atoms with Crippen LogP contribution in [0.4, 0.5) is 0 Å². The molecule has 292 valence electrons. The predicted octanol–water partition coefficient (Wildman–Crippen LogP) is 15.6. The van der Waals surface area contributed by atoms with E-state index >= 15 is 0 Å². The minimum Gasteiger partial charge on any atom is -0.485 e. The second kappa shape index (κ2) is 38.4. The fraction of sp³-hybridized carbons (Fsp3) is 0.955. The highest BCUT2D eigenvalue weighted by Gasteiger charge is 2.33. The molecule has 0 saturated carbocycles. The number of hydrogen-bond acceptors (Lipinski definition) is 4. The molecular formula is C44H88O4Si. The summed E-state index contributed by atoms with van der Waals surface area (Å²) in [6.07, 6.45) is 49.0. The molecule has 0 radical (unpaired) electrons. The van der Waals surface area contributed by atoms with Gasteiger partial charge in [-0.15, -0.1) is 0 Å². The summed E-state index contributed by atoms with van der Waals surface area (Å²) in [6.45, 7) is 8.20. The third kappa shape index (κ3) is 39.8. The molecule has 0 amide bonds. The summed E-state index contributed by atoms with van der Waals surface area (Å²) in [6, 6.07) is 0. The zero-order valence-corrected chi connectivity index (χ0v) is 35.0. The first-order valence-corrected chi connectivity index (χ1v) is 25.2. The van der Waals surface area contributed by atoms with E-state index in [-0.39, 0.29) is 11.9 Å². The van der Waals surface area contributed by atoms with Crippen molar-refractivity contribution in [3.8, 4) is 0 Å². The molecule has 0 unspecified atom stereocenters. The van der Waals surface area contributed by atoms with Gasteiger partial charge in [0.2, 0.25) is 0 Å². The molecule has 4 nitrogen and oxygen atoms in total. The van der Waals surface area contributed by atoms with Crippen molar-refractivity contribution in [3.05, 3.63) is 0 Å². The molecule has 0 aliphatic heterocycles. The fourth-order valence-electron chi connectivity index (χ4n) is 7.01. The lowest BCUT2D eigenvalue weighted by molar-refractivity contribution is -0.141. The third-order valence-electron chi connectivity index (χ3n) is 10.2. The molecule has 49 heavy (non-hydrogen) atoms. The van der Waals surface area contributed by atoms with Gasteiger partial charge in [0.05, 0.1) is 0 Å². The largest absolute Gasteiger partial charge is 0.485 e. The van der Waals surface area contributed by atoms with Crippen LogP contribution in [0.25, 0.3) is 0 Å². The first kappa shape index (κ1) is 48.2. The molecule has 0 N–H and O–H groups in total. The second-order valence-electron chi connectivity index (χ2n) is 15.9. The summed E-state index contributed by atoms with van der Waals surface area (Å²) in [7, 11) is -2.75. The second-order valence-corrected chi connectivity index (χ2v) is 19.1. The molecule has 0 saturated heterocycles. The van der Waals surface area contributed by atoms with Gasteiger partial charge in [-0.25, -0.2) is 0 Å². The number of unbranched alkanes of at least 4 members (excludes halogenated alkanes) is 34. The lowest BCUT2D eigenvalue weighted by Gasteiger charge is -2.22. The van der Waals surface area contributed by atoms with Crippen molar-refractivity contribution >= 4 is 20.5 Å². The van der Waals surface area contributed by atoms with E-state index in [1.54, 1.807) is 0 Å². The third-order valence-corrected chi connectivity index (χ3v) is 11.6. The summed E-state index contributed by atoms with van der Waals surface area (Å²) in [5, 5.41) is 0. The maximum Gasteiger partial charge on any atom is 0.457 e. The van der Waals surface area contributed by atoms with E-state index in [2.05, 4.69) is 13.8 Å². The van der Waals surface area contributed by atoms with E-state index in [0.29, 0.717) is 12.8 Å². The maximum atomic E-state index is 12.4. The molecule has 0 spiro atoms. The Balaban J connectivity index is 3.46. The van der Waals surface area contributed by atoms with Gasteiger partial charge in [-0.05, 0) is 12.8 Å². The van der Waals surface area contributed by atoms with Gasteiger partial charge >= 0.3 is 8.56 Å². The van der Waals surface area contributed by atoms with Crippen molar-refractivity contribution in [2.24, 2.45) is 0 Å². The van der Waals surface area contributed by atoms with Gasteiger partial charge in [-0.1, -0.05) is 232 Å². The molecule has 5 heteroatoms. The standard InChI is InChI=1S/C44H88O4Si/c1-5-7-9-11-13-15-17-19-21-22-23-24-25-26-28-30-32-34-36-38-40-42-44(46)48-49(3,4)47-43(45)41-39-37-35-33-31-29-27-20-18-16-14-12-10-8-6-2/h5-42H2,1-4H3. The smallest absolute Gasteiger partial charge is 0.457 e. The minimum atomic E-state index is -2.75. The van der Waals surface area contributed by atoms with Crippen molar-refractivity contribution in [1.29, 1.82) is 0 Å². The Morgan fingerprint density at radius 3 is 0.653 bits per heavy atom. The van der Waals surface area contributed by atoms with Crippen LogP contribution in [0, 0.1) is 0 Å². The Hall–Kier alpha value is -0.843. The van der Waals surface area contributed by atoms with Gasteiger partial charge in [-0.3, -0.25) is 9.59 Å². The Labute approximate surface area is 309 Å². The average Bonchev–Trinajstić information content (AvgIpc) is 3.06. The molecular weight excluding hydrogens is 621 g/mol. The lowest BCUT2D eigenvalue weighted by atomic mass is 10.0. The van der Waals surface area contributed by atoms with Crippen LogP contribution in [0.3, 0.4) is 0 Å². The van der Waals surface area contributed by atoms with E-state index in [4.69, 9.17) is 8.85 Å². The van der Waals surface area contributed by atoms with Crippen LogP contribution in [0.5, 0.6) is 0 Å². The van der Waals surface area contributed by atoms with Crippen LogP contribution in [-0.2, 0) is 18.4 Å².